The maximum Gasteiger partial charge on any atom is 0.272 e. The molecule has 0 radical (unpaired) electrons. The Morgan fingerprint density at radius 1 is 1.04 bits per heavy atom. The van der Waals surface area contributed by atoms with Crippen LogP contribution in [0.15, 0.2) is 30.3 Å². The van der Waals surface area contributed by atoms with E-state index in [4.69, 9.17) is 46.4 Å². The SMILES string of the molecule is CCn1c(C(=O)Nc2c(Cl)cc(Cl)cc2Cl)c(C)c2cc(Cl)ccc21. The van der Waals surface area contributed by atoms with Crippen LogP contribution in [0, 0.1) is 6.92 Å². The number of nitrogens with zero attached hydrogens (tertiary/aromatic N) is 1. The Balaban J connectivity index is 2.10. The molecule has 0 bridgehead atoms. The van der Waals surface area contributed by atoms with Crippen molar-refractivity contribution >= 4 is 68.9 Å². The number of anilines is 1. The molecule has 0 aliphatic rings. The van der Waals surface area contributed by atoms with E-state index < -0.39 is 0 Å². The molecule has 25 heavy (non-hydrogen) atoms. The van der Waals surface area contributed by atoms with Gasteiger partial charge in [0.25, 0.3) is 5.91 Å². The van der Waals surface area contributed by atoms with E-state index >= 15 is 0 Å². The minimum absolute atomic E-state index is 0.283. The number of aryl methyl sites for hydroxylation is 2. The lowest BCUT2D eigenvalue weighted by atomic mass is 10.1. The third kappa shape index (κ3) is 3.34. The van der Waals surface area contributed by atoms with Crippen LogP contribution in [0.3, 0.4) is 0 Å². The van der Waals surface area contributed by atoms with Crippen LogP contribution in [-0.4, -0.2) is 10.5 Å². The molecule has 130 valence electrons. The lowest BCUT2D eigenvalue weighted by Gasteiger charge is -2.12. The Labute approximate surface area is 165 Å². The van der Waals surface area contributed by atoms with E-state index in [1.54, 1.807) is 0 Å². The van der Waals surface area contributed by atoms with Gasteiger partial charge in [-0.3, -0.25) is 4.79 Å². The summed E-state index contributed by atoms with van der Waals surface area (Å²) in [4.78, 5) is 12.9. The van der Waals surface area contributed by atoms with E-state index in [1.807, 2.05) is 36.6 Å². The minimum Gasteiger partial charge on any atom is -0.337 e. The number of amides is 1. The van der Waals surface area contributed by atoms with Gasteiger partial charge in [0.05, 0.1) is 15.7 Å². The Hall–Kier alpha value is -1.39. The Bertz CT molecular complexity index is 971. The Morgan fingerprint density at radius 2 is 1.68 bits per heavy atom. The number of fused-ring (bicyclic) bond motifs is 1. The number of hydrogen-bond acceptors (Lipinski definition) is 1. The van der Waals surface area contributed by atoms with Gasteiger partial charge in [-0.2, -0.15) is 0 Å². The highest BCUT2D eigenvalue weighted by Crippen LogP contribution is 2.35. The van der Waals surface area contributed by atoms with Crippen molar-refractivity contribution in [2.75, 3.05) is 5.32 Å². The number of carbonyl (C=O) groups excluding carboxylic acids is 1. The number of aromatic nitrogens is 1. The zero-order valence-electron chi connectivity index (χ0n) is 13.5. The molecule has 1 aromatic heterocycles. The summed E-state index contributed by atoms with van der Waals surface area (Å²) in [5.74, 6) is -0.294. The van der Waals surface area contributed by atoms with Crippen molar-refractivity contribution in [2.45, 2.75) is 20.4 Å². The second kappa shape index (κ2) is 7.08. The molecule has 7 heteroatoms. The van der Waals surface area contributed by atoms with Crippen LogP contribution in [0.1, 0.15) is 23.0 Å². The standard InChI is InChI=1S/C18H14Cl4N2O/c1-3-24-15-5-4-10(19)6-12(15)9(2)17(24)18(25)23-16-13(21)7-11(20)8-14(16)22/h4-8H,3H2,1-2H3,(H,23,25). The number of halogens is 4. The van der Waals surface area contributed by atoms with Crippen molar-refractivity contribution in [1.82, 2.24) is 4.57 Å². The highest BCUT2D eigenvalue weighted by Gasteiger charge is 2.21. The van der Waals surface area contributed by atoms with Crippen LogP contribution in [0.2, 0.25) is 20.1 Å². The normalized spacial score (nSPS) is 11.1. The number of benzene rings is 2. The molecule has 2 aromatic carbocycles. The zero-order chi connectivity index (χ0) is 18.3. The van der Waals surface area contributed by atoms with Gasteiger partial charge in [0.15, 0.2) is 0 Å². The van der Waals surface area contributed by atoms with Crippen molar-refractivity contribution in [2.24, 2.45) is 0 Å². The van der Waals surface area contributed by atoms with Gasteiger partial charge in [0, 0.05) is 27.5 Å². The molecule has 0 saturated heterocycles. The van der Waals surface area contributed by atoms with E-state index in [0.29, 0.717) is 28.0 Å². The fourth-order valence-corrected chi connectivity index (χ4v) is 4.03. The Morgan fingerprint density at radius 3 is 2.28 bits per heavy atom. The largest absolute Gasteiger partial charge is 0.337 e. The molecule has 0 atom stereocenters. The van der Waals surface area contributed by atoms with E-state index in [0.717, 1.165) is 16.5 Å². The Kier molecular flexibility index (Phi) is 5.21. The highest BCUT2D eigenvalue weighted by molar-refractivity contribution is 6.42. The van der Waals surface area contributed by atoms with E-state index in [2.05, 4.69) is 5.32 Å². The lowest BCUT2D eigenvalue weighted by molar-refractivity contribution is 0.101. The molecule has 0 aliphatic carbocycles. The van der Waals surface area contributed by atoms with Crippen LogP contribution in [0.5, 0.6) is 0 Å². The molecule has 1 amide bonds. The molecule has 0 spiro atoms. The molecule has 3 rings (SSSR count). The summed E-state index contributed by atoms with van der Waals surface area (Å²) in [6.45, 7) is 4.51. The predicted octanol–water partition coefficient (Wildman–Crippen LogP) is 6.84. The summed E-state index contributed by atoms with van der Waals surface area (Å²) < 4.78 is 1.94. The minimum atomic E-state index is -0.294. The maximum absolute atomic E-state index is 12.9. The molecule has 0 unspecified atom stereocenters. The third-order valence-electron chi connectivity index (χ3n) is 4.06. The number of rotatable bonds is 3. The van der Waals surface area contributed by atoms with Crippen molar-refractivity contribution in [3.8, 4) is 0 Å². The van der Waals surface area contributed by atoms with Crippen LogP contribution in [0.4, 0.5) is 5.69 Å². The number of hydrogen-bond donors (Lipinski definition) is 1. The van der Waals surface area contributed by atoms with Crippen molar-refractivity contribution in [1.29, 1.82) is 0 Å². The first kappa shape index (κ1) is 18.4. The molecule has 0 fully saturated rings. The predicted molar refractivity (Wildman–Crippen MR) is 107 cm³/mol. The fourth-order valence-electron chi connectivity index (χ4n) is 2.95. The summed E-state index contributed by atoms with van der Waals surface area (Å²) in [5, 5.41) is 5.33. The summed E-state index contributed by atoms with van der Waals surface area (Å²) in [6, 6.07) is 8.65. The lowest BCUT2D eigenvalue weighted by Crippen LogP contribution is -2.18. The second-order valence-corrected chi connectivity index (χ2v) is 7.27. The maximum atomic E-state index is 12.9. The van der Waals surface area contributed by atoms with Crippen LogP contribution in [0.25, 0.3) is 10.9 Å². The van der Waals surface area contributed by atoms with Gasteiger partial charge in [-0.05, 0) is 49.7 Å². The number of carbonyl (C=O) groups is 1. The topological polar surface area (TPSA) is 34.0 Å². The summed E-state index contributed by atoms with van der Waals surface area (Å²) in [7, 11) is 0. The molecule has 0 aliphatic heterocycles. The second-order valence-electron chi connectivity index (χ2n) is 5.58. The van der Waals surface area contributed by atoms with Gasteiger partial charge in [0.2, 0.25) is 0 Å². The van der Waals surface area contributed by atoms with Crippen LogP contribution in [-0.2, 0) is 6.54 Å². The molecule has 1 N–H and O–H groups in total. The quantitative estimate of drug-likeness (QED) is 0.499. The van der Waals surface area contributed by atoms with E-state index in [-0.39, 0.29) is 16.0 Å². The first-order chi connectivity index (χ1) is 11.8. The average molecular weight is 416 g/mol. The van der Waals surface area contributed by atoms with Gasteiger partial charge in [-0.25, -0.2) is 0 Å². The molecular weight excluding hydrogens is 402 g/mol. The van der Waals surface area contributed by atoms with Crippen molar-refractivity contribution < 1.29 is 4.79 Å². The summed E-state index contributed by atoms with van der Waals surface area (Å²) in [5.41, 5.74) is 2.67. The van der Waals surface area contributed by atoms with Gasteiger partial charge >= 0.3 is 0 Å². The monoisotopic (exact) mass is 414 g/mol. The molecular formula is C18H14Cl4N2O. The smallest absolute Gasteiger partial charge is 0.272 e. The van der Waals surface area contributed by atoms with Crippen LogP contribution >= 0.6 is 46.4 Å². The first-order valence-corrected chi connectivity index (χ1v) is 9.09. The highest BCUT2D eigenvalue weighted by atomic mass is 35.5. The average Bonchev–Trinajstić information content (AvgIpc) is 2.82. The number of nitrogens with one attached hydrogen (secondary N) is 1. The van der Waals surface area contributed by atoms with Crippen molar-refractivity contribution in [3.63, 3.8) is 0 Å². The summed E-state index contributed by atoms with van der Waals surface area (Å²) in [6.07, 6.45) is 0. The van der Waals surface area contributed by atoms with E-state index in [1.165, 1.54) is 12.1 Å². The first-order valence-electron chi connectivity index (χ1n) is 7.57. The third-order valence-corrected chi connectivity index (χ3v) is 5.10. The summed E-state index contributed by atoms with van der Waals surface area (Å²) >= 11 is 24.4. The van der Waals surface area contributed by atoms with Gasteiger partial charge in [0.1, 0.15) is 5.69 Å². The van der Waals surface area contributed by atoms with Crippen molar-refractivity contribution in [3.05, 3.63) is 61.7 Å². The molecule has 3 nitrogen and oxygen atoms in total. The van der Waals surface area contributed by atoms with Crippen LogP contribution < -0.4 is 5.32 Å². The van der Waals surface area contributed by atoms with Gasteiger partial charge in [-0.15, -0.1) is 0 Å². The molecule has 0 saturated carbocycles. The van der Waals surface area contributed by atoms with E-state index in [9.17, 15) is 4.79 Å². The molecule has 1 heterocycles. The fraction of sp³-hybridized carbons (Fsp3) is 0.167. The van der Waals surface area contributed by atoms with Gasteiger partial charge < -0.3 is 9.88 Å². The molecule has 3 aromatic rings. The van der Waals surface area contributed by atoms with Gasteiger partial charge in [-0.1, -0.05) is 46.4 Å². The zero-order valence-corrected chi connectivity index (χ0v) is 16.5.